The zero-order chi connectivity index (χ0) is 21.8. The lowest BCUT2D eigenvalue weighted by Crippen LogP contribution is -2.33. The van der Waals surface area contributed by atoms with Crippen LogP contribution in [0.25, 0.3) is 5.69 Å². The minimum absolute atomic E-state index is 0.0891. The van der Waals surface area contributed by atoms with E-state index in [1.807, 2.05) is 0 Å². The average molecular weight is 411 g/mol. The second kappa shape index (κ2) is 8.52. The second-order valence-corrected chi connectivity index (χ2v) is 6.55. The van der Waals surface area contributed by atoms with Crippen LogP contribution in [0.1, 0.15) is 21.6 Å². The van der Waals surface area contributed by atoms with Crippen LogP contribution in [0.4, 0.5) is 15.9 Å². The van der Waals surface area contributed by atoms with E-state index < -0.39 is 22.6 Å². The first kappa shape index (κ1) is 20.6. The van der Waals surface area contributed by atoms with Crippen LogP contribution in [0, 0.1) is 29.8 Å². The van der Waals surface area contributed by atoms with Gasteiger partial charge < -0.3 is 10.6 Å². The van der Waals surface area contributed by atoms with E-state index in [4.69, 9.17) is 0 Å². The number of aromatic nitrogens is 2. The molecule has 0 fully saturated rings. The van der Waals surface area contributed by atoms with Gasteiger partial charge in [-0.2, -0.15) is 5.10 Å². The van der Waals surface area contributed by atoms with Crippen LogP contribution in [-0.4, -0.2) is 33.1 Å². The van der Waals surface area contributed by atoms with E-state index in [0.717, 1.165) is 0 Å². The molecule has 3 rings (SSSR count). The summed E-state index contributed by atoms with van der Waals surface area (Å²) < 4.78 is 14.6. The summed E-state index contributed by atoms with van der Waals surface area (Å²) in [5.41, 5.74) is 1.66. The first-order chi connectivity index (χ1) is 14.2. The zero-order valence-corrected chi connectivity index (χ0v) is 16.2. The van der Waals surface area contributed by atoms with E-state index in [9.17, 15) is 24.1 Å². The summed E-state index contributed by atoms with van der Waals surface area (Å²) in [5.74, 6) is -1.06. The van der Waals surface area contributed by atoms with Gasteiger partial charge in [-0.25, -0.2) is 9.07 Å². The summed E-state index contributed by atoms with van der Waals surface area (Å²) in [6.45, 7) is 2.96. The molecule has 0 saturated carbocycles. The lowest BCUT2D eigenvalue weighted by Gasteiger charge is -2.10. The molecule has 0 aliphatic carbocycles. The van der Waals surface area contributed by atoms with Crippen LogP contribution in [0.3, 0.4) is 0 Å². The number of hydrogen-bond donors (Lipinski definition) is 2. The third-order valence-electron chi connectivity index (χ3n) is 4.24. The highest BCUT2D eigenvalue weighted by atomic mass is 19.1. The Hall–Kier alpha value is -4.08. The number of nitro benzene ring substituents is 1. The molecule has 10 heteroatoms. The maximum Gasteiger partial charge on any atom is 0.272 e. The number of anilines is 1. The number of aryl methyl sites for hydroxylation is 2. The third-order valence-corrected chi connectivity index (χ3v) is 4.24. The van der Waals surface area contributed by atoms with E-state index in [0.29, 0.717) is 22.8 Å². The van der Waals surface area contributed by atoms with Crippen molar-refractivity contribution in [1.29, 1.82) is 0 Å². The van der Waals surface area contributed by atoms with Crippen LogP contribution in [-0.2, 0) is 4.79 Å². The number of rotatable bonds is 6. The van der Waals surface area contributed by atoms with Crippen LogP contribution >= 0.6 is 0 Å². The van der Waals surface area contributed by atoms with Gasteiger partial charge in [-0.05, 0) is 50.2 Å². The molecule has 0 radical (unpaired) electrons. The van der Waals surface area contributed by atoms with Crippen molar-refractivity contribution in [3.05, 3.63) is 81.3 Å². The monoisotopic (exact) mass is 411 g/mol. The average Bonchev–Trinajstić information content (AvgIpc) is 3.06. The summed E-state index contributed by atoms with van der Waals surface area (Å²) in [6.07, 6.45) is 0. The maximum atomic E-state index is 13.1. The highest BCUT2D eigenvalue weighted by molar-refractivity contribution is 5.99. The van der Waals surface area contributed by atoms with Crippen molar-refractivity contribution in [3.63, 3.8) is 0 Å². The van der Waals surface area contributed by atoms with Crippen molar-refractivity contribution in [2.45, 2.75) is 13.8 Å². The van der Waals surface area contributed by atoms with Crippen molar-refractivity contribution < 1.29 is 18.9 Å². The fourth-order valence-electron chi connectivity index (χ4n) is 2.82. The molecule has 0 atom stereocenters. The second-order valence-electron chi connectivity index (χ2n) is 6.55. The van der Waals surface area contributed by atoms with Gasteiger partial charge in [0.25, 0.3) is 11.6 Å². The number of carbonyl (C=O) groups excluding carboxylic acids is 2. The Morgan fingerprint density at radius 3 is 2.47 bits per heavy atom. The first-order valence-corrected chi connectivity index (χ1v) is 8.90. The number of nitrogens with zero attached hydrogens (tertiary/aromatic N) is 3. The Bertz CT molecular complexity index is 1120. The summed E-state index contributed by atoms with van der Waals surface area (Å²) in [4.78, 5) is 34.9. The summed E-state index contributed by atoms with van der Waals surface area (Å²) >= 11 is 0. The molecule has 1 heterocycles. The molecule has 154 valence electrons. The number of benzene rings is 2. The first-order valence-electron chi connectivity index (χ1n) is 8.90. The Kier molecular flexibility index (Phi) is 5.86. The molecule has 0 unspecified atom stereocenters. The molecule has 2 aromatic carbocycles. The van der Waals surface area contributed by atoms with Crippen LogP contribution in [0.2, 0.25) is 0 Å². The molecular weight excluding hydrogens is 393 g/mol. The molecule has 9 nitrogen and oxygen atoms in total. The number of hydrogen-bond acceptors (Lipinski definition) is 5. The van der Waals surface area contributed by atoms with E-state index in [1.165, 1.54) is 54.1 Å². The van der Waals surface area contributed by atoms with E-state index in [-0.39, 0.29) is 17.8 Å². The molecule has 30 heavy (non-hydrogen) atoms. The van der Waals surface area contributed by atoms with Gasteiger partial charge in [-0.1, -0.05) is 0 Å². The standard InChI is InChI=1S/C20H18FN5O4/c1-12-9-14(3-8-17(12)26(29)30)20(28)22-11-19(27)23-18-10-13(2)24-25(18)16-6-4-15(21)5-7-16/h3-10H,11H2,1-2H3,(H,22,28)(H,23,27). The lowest BCUT2D eigenvalue weighted by atomic mass is 10.1. The fourth-order valence-corrected chi connectivity index (χ4v) is 2.82. The van der Waals surface area contributed by atoms with Crippen molar-refractivity contribution in [2.24, 2.45) is 0 Å². The van der Waals surface area contributed by atoms with Gasteiger partial charge in [0.15, 0.2) is 0 Å². The molecule has 0 saturated heterocycles. The SMILES string of the molecule is Cc1cc(NC(=O)CNC(=O)c2ccc([N+](=O)[O-])c(C)c2)n(-c2ccc(F)cc2)n1. The molecule has 0 spiro atoms. The molecule has 0 aliphatic rings. The van der Waals surface area contributed by atoms with Crippen molar-refractivity contribution in [2.75, 3.05) is 11.9 Å². The summed E-state index contributed by atoms with van der Waals surface area (Å²) in [7, 11) is 0. The smallest absolute Gasteiger partial charge is 0.272 e. The van der Waals surface area contributed by atoms with Crippen LogP contribution < -0.4 is 10.6 Å². The maximum absolute atomic E-state index is 13.1. The Morgan fingerprint density at radius 1 is 1.13 bits per heavy atom. The molecule has 2 amide bonds. The minimum atomic E-state index is -0.536. The van der Waals surface area contributed by atoms with Gasteiger partial charge in [0.2, 0.25) is 5.91 Å². The number of amides is 2. The molecule has 1 aromatic heterocycles. The molecule has 0 aliphatic heterocycles. The van der Waals surface area contributed by atoms with Crippen molar-refractivity contribution >= 4 is 23.3 Å². The fraction of sp³-hybridized carbons (Fsp3) is 0.150. The number of nitro groups is 1. The van der Waals surface area contributed by atoms with E-state index in [1.54, 1.807) is 13.0 Å². The molecular formula is C20H18FN5O4. The summed E-state index contributed by atoms with van der Waals surface area (Å²) in [6, 6.07) is 11.2. The van der Waals surface area contributed by atoms with Gasteiger partial charge in [0, 0.05) is 23.3 Å². The lowest BCUT2D eigenvalue weighted by molar-refractivity contribution is -0.385. The van der Waals surface area contributed by atoms with Gasteiger partial charge in [-0.3, -0.25) is 19.7 Å². The van der Waals surface area contributed by atoms with Gasteiger partial charge in [0.1, 0.15) is 11.6 Å². The molecule has 0 bridgehead atoms. The number of carbonyl (C=O) groups is 2. The Morgan fingerprint density at radius 2 is 1.83 bits per heavy atom. The largest absolute Gasteiger partial charge is 0.343 e. The molecule has 3 aromatic rings. The third kappa shape index (κ3) is 4.66. The van der Waals surface area contributed by atoms with Gasteiger partial charge >= 0.3 is 0 Å². The highest BCUT2D eigenvalue weighted by Gasteiger charge is 2.15. The Balaban J connectivity index is 1.65. The van der Waals surface area contributed by atoms with Gasteiger partial charge in [0.05, 0.1) is 22.8 Å². The summed E-state index contributed by atoms with van der Waals surface area (Å²) in [5, 5.41) is 20.3. The zero-order valence-electron chi connectivity index (χ0n) is 16.2. The Labute approximate surface area is 170 Å². The number of halogens is 1. The van der Waals surface area contributed by atoms with Crippen molar-refractivity contribution in [1.82, 2.24) is 15.1 Å². The minimum Gasteiger partial charge on any atom is -0.343 e. The predicted octanol–water partition coefficient (Wildman–Crippen LogP) is 2.90. The van der Waals surface area contributed by atoms with E-state index >= 15 is 0 Å². The van der Waals surface area contributed by atoms with Crippen LogP contribution in [0.15, 0.2) is 48.5 Å². The topological polar surface area (TPSA) is 119 Å². The highest BCUT2D eigenvalue weighted by Crippen LogP contribution is 2.19. The van der Waals surface area contributed by atoms with E-state index in [2.05, 4.69) is 15.7 Å². The predicted molar refractivity (Wildman–Crippen MR) is 107 cm³/mol. The van der Waals surface area contributed by atoms with Crippen LogP contribution in [0.5, 0.6) is 0 Å². The molecule has 2 N–H and O–H groups in total. The van der Waals surface area contributed by atoms with Gasteiger partial charge in [-0.15, -0.1) is 0 Å². The van der Waals surface area contributed by atoms with Crippen molar-refractivity contribution in [3.8, 4) is 5.69 Å². The number of nitrogens with one attached hydrogen (secondary N) is 2. The quantitative estimate of drug-likeness (QED) is 0.477. The normalized spacial score (nSPS) is 10.5.